The number of nitrogens with one attached hydrogen (secondary N) is 1. The van der Waals surface area contributed by atoms with E-state index < -0.39 is 0 Å². The molecule has 0 saturated carbocycles. The summed E-state index contributed by atoms with van der Waals surface area (Å²) in [5.74, 6) is 1.50. The first-order chi connectivity index (χ1) is 11.6. The van der Waals surface area contributed by atoms with Crippen LogP contribution in [0.3, 0.4) is 0 Å². The van der Waals surface area contributed by atoms with Gasteiger partial charge in [0.2, 0.25) is 0 Å². The summed E-state index contributed by atoms with van der Waals surface area (Å²) >= 11 is 0. The van der Waals surface area contributed by atoms with Gasteiger partial charge in [0.15, 0.2) is 11.5 Å². The first-order valence-electron chi connectivity index (χ1n) is 8.42. The Kier molecular flexibility index (Phi) is 7.09. The van der Waals surface area contributed by atoms with Gasteiger partial charge in [-0.25, -0.2) is 0 Å². The van der Waals surface area contributed by atoms with Gasteiger partial charge in [0.25, 0.3) is 0 Å². The lowest BCUT2D eigenvalue weighted by Gasteiger charge is -2.15. The van der Waals surface area contributed by atoms with Crippen molar-refractivity contribution in [1.29, 1.82) is 0 Å². The third-order valence-electron chi connectivity index (χ3n) is 3.72. The minimum atomic E-state index is -0.354. The predicted molar refractivity (Wildman–Crippen MR) is 96.5 cm³/mol. The lowest BCUT2D eigenvalue weighted by molar-refractivity contribution is 0.191. The second kappa shape index (κ2) is 9.30. The van der Waals surface area contributed by atoms with Gasteiger partial charge in [-0.2, -0.15) is 0 Å². The molecule has 130 valence electrons. The minimum absolute atomic E-state index is 0.354. The molecular weight excluding hydrogens is 302 g/mol. The van der Waals surface area contributed by atoms with Crippen LogP contribution >= 0.6 is 0 Å². The van der Waals surface area contributed by atoms with Crippen LogP contribution < -0.4 is 14.8 Å². The number of hydrogen-bond donors (Lipinski definition) is 2. The van der Waals surface area contributed by atoms with E-state index in [2.05, 4.69) is 24.4 Å². The Morgan fingerprint density at radius 2 is 1.88 bits per heavy atom. The second-order valence-corrected chi connectivity index (χ2v) is 5.91. The van der Waals surface area contributed by atoms with E-state index in [-0.39, 0.29) is 6.10 Å². The first kappa shape index (κ1) is 18.3. The molecule has 0 spiro atoms. The zero-order chi connectivity index (χ0) is 17.4. The highest BCUT2D eigenvalue weighted by atomic mass is 16.5. The van der Waals surface area contributed by atoms with Crippen molar-refractivity contribution in [1.82, 2.24) is 5.32 Å². The molecule has 0 fully saturated rings. The van der Waals surface area contributed by atoms with Crippen molar-refractivity contribution in [3.05, 3.63) is 59.2 Å². The molecular formula is C20H27NO3. The Bertz CT molecular complexity index is 641. The fraction of sp³-hybridized carbons (Fsp3) is 0.400. The van der Waals surface area contributed by atoms with E-state index in [0.29, 0.717) is 26.3 Å². The highest BCUT2D eigenvalue weighted by Crippen LogP contribution is 2.29. The molecule has 0 aliphatic carbocycles. The van der Waals surface area contributed by atoms with Gasteiger partial charge in [-0.05, 0) is 49.6 Å². The van der Waals surface area contributed by atoms with E-state index in [9.17, 15) is 5.11 Å². The first-order valence-corrected chi connectivity index (χ1v) is 8.42. The molecule has 1 atom stereocenters. The molecule has 2 rings (SSSR count). The number of aryl methyl sites for hydroxylation is 1. The molecule has 0 saturated heterocycles. The quantitative estimate of drug-likeness (QED) is 0.740. The van der Waals surface area contributed by atoms with Crippen molar-refractivity contribution in [3.63, 3.8) is 0 Å². The zero-order valence-electron chi connectivity index (χ0n) is 14.7. The van der Waals surface area contributed by atoms with E-state index >= 15 is 0 Å². The van der Waals surface area contributed by atoms with Crippen molar-refractivity contribution in [2.75, 3.05) is 13.2 Å². The molecule has 0 radical (unpaired) electrons. The standard InChI is InChI=1S/C20H27NO3/c1-4-23-20-11-17(13-21-12-16(3)22)9-10-19(20)24-14-18-8-6-5-7-15(18)2/h5-11,16,21-22H,4,12-14H2,1-3H3/t16-/m1/s1. The van der Waals surface area contributed by atoms with Gasteiger partial charge in [0.05, 0.1) is 12.7 Å². The Morgan fingerprint density at radius 1 is 1.08 bits per heavy atom. The van der Waals surface area contributed by atoms with Crippen LogP contribution in [-0.2, 0) is 13.2 Å². The van der Waals surface area contributed by atoms with Crippen molar-refractivity contribution in [2.45, 2.75) is 40.0 Å². The predicted octanol–water partition coefficient (Wildman–Crippen LogP) is 3.44. The number of benzene rings is 2. The summed E-state index contributed by atoms with van der Waals surface area (Å²) in [4.78, 5) is 0. The third kappa shape index (κ3) is 5.55. The molecule has 0 amide bonds. The van der Waals surface area contributed by atoms with Crippen molar-refractivity contribution < 1.29 is 14.6 Å². The number of hydrogen-bond acceptors (Lipinski definition) is 4. The third-order valence-corrected chi connectivity index (χ3v) is 3.72. The van der Waals surface area contributed by atoms with Crippen molar-refractivity contribution in [3.8, 4) is 11.5 Å². The molecule has 2 aromatic rings. The van der Waals surface area contributed by atoms with E-state index in [1.807, 2.05) is 37.3 Å². The molecule has 4 nitrogen and oxygen atoms in total. The van der Waals surface area contributed by atoms with E-state index in [0.717, 1.165) is 17.1 Å². The Labute approximate surface area is 144 Å². The van der Waals surface area contributed by atoms with Crippen LogP contribution in [0.15, 0.2) is 42.5 Å². The molecule has 0 aliphatic rings. The lowest BCUT2D eigenvalue weighted by atomic mass is 10.1. The molecule has 2 N–H and O–H groups in total. The highest BCUT2D eigenvalue weighted by molar-refractivity contribution is 5.43. The molecule has 0 heterocycles. The Morgan fingerprint density at radius 3 is 2.58 bits per heavy atom. The summed E-state index contributed by atoms with van der Waals surface area (Å²) in [6, 6.07) is 14.2. The highest BCUT2D eigenvalue weighted by Gasteiger charge is 2.08. The monoisotopic (exact) mass is 329 g/mol. The van der Waals surface area contributed by atoms with E-state index in [4.69, 9.17) is 9.47 Å². The molecule has 4 heteroatoms. The molecule has 24 heavy (non-hydrogen) atoms. The van der Waals surface area contributed by atoms with Crippen LogP contribution in [0, 0.1) is 6.92 Å². The van der Waals surface area contributed by atoms with E-state index in [1.54, 1.807) is 6.92 Å². The minimum Gasteiger partial charge on any atom is -0.490 e. The van der Waals surface area contributed by atoms with Crippen LogP contribution in [-0.4, -0.2) is 24.4 Å². The van der Waals surface area contributed by atoms with Gasteiger partial charge in [-0.3, -0.25) is 0 Å². The van der Waals surface area contributed by atoms with Crippen LogP contribution in [0.2, 0.25) is 0 Å². The van der Waals surface area contributed by atoms with Gasteiger partial charge in [-0.15, -0.1) is 0 Å². The van der Waals surface area contributed by atoms with Crippen LogP contribution in [0.5, 0.6) is 11.5 Å². The largest absolute Gasteiger partial charge is 0.490 e. The van der Waals surface area contributed by atoms with E-state index in [1.165, 1.54) is 11.1 Å². The fourth-order valence-electron chi connectivity index (χ4n) is 2.40. The summed E-state index contributed by atoms with van der Waals surface area (Å²) in [6.45, 7) is 8.17. The normalized spacial score (nSPS) is 12.0. The molecule has 0 aliphatic heterocycles. The number of rotatable bonds is 9. The number of ether oxygens (including phenoxy) is 2. The maximum absolute atomic E-state index is 9.31. The van der Waals surface area contributed by atoms with Crippen LogP contribution in [0.25, 0.3) is 0 Å². The van der Waals surface area contributed by atoms with Gasteiger partial charge in [0.1, 0.15) is 6.61 Å². The van der Waals surface area contributed by atoms with Crippen molar-refractivity contribution in [2.24, 2.45) is 0 Å². The molecule has 0 bridgehead atoms. The maximum Gasteiger partial charge on any atom is 0.161 e. The average molecular weight is 329 g/mol. The molecule has 2 aromatic carbocycles. The van der Waals surface area contributed by atoms with Crippen LogP contribution in [0.4, 0.5) is 0 Å². The summed E-state index contributed by atoms with van der Waals surface area (Å²) < 4.78 is 11.7. The summed E-state index contributed by atoms with van der Waals surface area (Å²) in [5, 5.41) is 12.5. The maximum atomic E-state index is 9.31. The van der Waals surface area contributed by atoms with Gasteiger partial charge < -0.3 is 19.9 Å². The van der Waals surface area contributed by atoms with Gasteiger partial charge in [0, 0.05) is 13.1 Å². The topological polar surface area (TPSA) is 50.7 Å². The Hall–Kier alpha value is -2.04. The van der Waals surface area contributed by atoms with Crippen molar-refractivity contribution >= 4 is 0 Å². The Balaban J connectivity index is 2.04. The molecule has 0 aromatic heterocycles. The average Bonchev–Trinajstić information content (AvgIpc) is 2.55. The van der Waals surface area contributed by atoms with Crippen LogP contribution in [0.1, 0.15) is 30.5 Å². The fourth-order valence-corrected chi connectivity index (χ4v) is 2.40. The SMILES string of the molecule is CCOc1cc(CNC[C@@H](C)O)ccc1OCc1ccccc1C. The summed E-state index contributed by atoms with van der Waals surface area (Å²) in [6.07, 6.45) is -0.354. The smallest absolute Gasteiger partial charge is 0.161 e. The number of aliphatic hydroxyl groups excluding tert-OH is 1. The summed E-state index contributed by atoms with van der Waals surface area (Å²) in [7, 11) is 0. The zero-order valence-corrected chi connectivity index (χ0v) is 14.7. The lowest BCUT2D eigenvalue weighted by Crippen LogP contribution is -2.23. The van der Waals surface area contributed by atoms with Gasteiger partial charge in [-0.1, -0.05) is 30.3 Å². The van der Waals surface area contributed by atoms with Gasteiger partial charge >= 0.3 is 0 Å². The number of aliphatic hydroxyl groups is 1. The summed E-state index contributed by atoms with van der Waals surface area (Å²) in [5.41, 5.74) is 3.49. The second-order valence-electron chi connectivity index (χ2n) is 5.91. The molecule has 0 unspecified atom stereocenters.